The third kappa shape index (κ3) is 3.44. The van der Waals surface area contributed by atoms with Crippen LogP contribution in [0.4, 0.5) is 26.3 Å². The molecule has 0 N–H and O–H groups in total. The van der Waals surface area contributed by atoms with Crippen molar-refractivity contribution in [2.45, 2.75) is 12.4 Å². The van der Waals surface area contributed by atoms with Gasteiger partial charge >= 0.3 is 12.4 Å². The van der Waals surface area contributed by atoms with E-state index in [1.807, 2.05) is 0 Å². The first-order chi connectivity index (χ1) is 5.98. The third-order valence-corrected chi connectivity index (χ3v) is 2.48. The molecule has 0 spiro atoms. The second-order valence-corrected chi connectivity index (χ2v) is 4.98. The summed E-state index contributed by atoms with van der Waals surface area (Å²) in [5.41, 5.74) is -1.79. The zero-order chi connectivity index (χ0) is 11.7. The predicted molar refractivity (Wildman–Crippen MR) is 39.4 cm³/mol. The van der Waals surface area contributed by atoms with Gasteiger partial charge in [0.05, 0.1) is 0 Å². The normalized spacial score (nSPS) is 13.9. The second-order valence-electron chi connectivity index (χ2n) is 2.75. The maximum absolute atomic E-state index is 11.9. The van der Waals surface area contributed by atoms with Crippen LogP contribution in [0, 0.1) is 5.92 Å². The molecular weight excluding hydrogens is 233 g/mol. The standard InChI is InChI=1S/C6H7F6OP/c1-14(2)4(13)3(5(7,8)9)6(10,11)12/h3H,1-2H3. The fourth-order valence-corrected chi connectivity index (χ4v) is 1.53. The molecule has 0 saturated heterocycles. The van der Waals surface area contributed by atoms with E-state index >= 15 is 0 Å². The fourth-order valence-electron chi connectivity index (χ4n) is 0.724. The van der Waals surface area contributed by atoms with Gasteiger partial charge < -0.3 is 0 Å². The van der Waals surface area contributed by atoms with E-state index in [1.54, 1.807) is 0 Å². The van der Waals surface area contributed by atoms with Crippen LogP contribution < -0.4 is 0 Å². The van der Waals surface area contributed by atoms with Gasteiger partial charge in [0.2, 0.25) is 5.92 Å². The van der Waals surface area contributed by atoms with Crippen LogP contribution in [-0.4, -0.2) is 31.2 Å². The van der Waals surface area contributed by atoms with Crippen LogP contribution in [0.15, 0.2) is 0 Å². The molecule has 0 bridgehead atoms. The first-order valence-electron chi connectivity index (χ1n) is 3.32. The van der Waals surface area contributed by atoms with Gasteiger partial charge in [0.1, 0.15) is 0 Å². The number of rotatable bonds is 2. The van der Waals surface area contributed by atoms with Gasteiger partial charge in [-0.15, -0.1) is 0 Å². The minimum absolute atomic E-state index is 1.06. The molecule has 0 aromatic carbocycles. The van der Waals surface area contributed by atoms with E-state index in [9.17, 15) is 31.1 Å². The van der Waals surface area contributed by atoms with E-state index in [2.05, 4.69) is 0 Å². The first-order valence-corrected chi connectivity index (χ1v) is 5.56. The van der Waals surface area contributed by atoms with Gasteiger partial charge in [-0.25, -0.2) is 0 Å². The Labute approximate surface area is 77.2 Å². The van der Waals surface area contributed by atoms with E-state index < -0.39 is 31.7 Å². The monoisotopic (exact) mass is 240 g/mol. The molecule has 0 aromatic rings. The summed E-state index contributed by atoms with van der Waals surface area (Å²) in [6, 6.07) is 0. The lowest BCUT2D eigenvalue weighted by molar-refractivity contribution is -0.270. The average Bonchev–Trinajstić information content (AvgIpc) is 1.79. The molecule has 8 heteroatoms. The molecule has 0 aliphatic heterocycles. The summed E-state index contributed by atoms with van der Waals surface area (Å²) < 4.78 is 71.4. The summed E-state index contributed by atoms with van der Waals surface area (Å²) in [5, 5.41) is 0. The molecule has 0 aromatic heterocycles. The lowest BCUT2D eigenvalue weighted by atomic mass is 10.1. The van der Waals surface area contributed by atoms with Crippen molar-refractivity contribution in [1.82, 2.24) is 0 Å². The van der Waals surface area contributed by atoms with E-state index in [-0.39, 0.29) is 0 Å². The molecule has 14 heavy (non-hydrogen) atoms. The second kappa shape index (κ2) is 4.04. The third-order valence-electron chi connectivity index (χ3n) is 1.34. The van der Waals surface area contributed by atoms with Crippen LogP contribution >= 0.6 is 7.92 Å². The molecule has 0 aliphatic rings. The van der Waals surface area contributed by atoms with Crippen molar-refractivity contribution in [2.75, 3.05) is 13.3 Å². The van der Waals surface area contributed by atoms with E-state index in [1.165, 1.54) is 0 Å². The number of carbonyl (C=O) groups is 1. The van der Waals surface area contributed by atoms with Crippen LogP contribution in [-0.2, 0) is 4.79 Å². The number of hydrogen-bond acceptors (Lipinski definition) is 1. The largest absolute Gasteiger partial charge is 0.407 e. The highest BCUT2D eigenvalue weighted by molar-refractivity contribution is 7.73. The number of hydrogen-bond donors (Lipinski definition) is 0. The quantitative estimate of drug-likeness (QED) is 0.535. The molecule has 0 saturated carbocycles. The lowest BCUT2D eigenvalue weighted by Crippen LogP contribution is -2.41. The van der Waals surface area contributed by atoms with Crippen molar-refractivity contribution in [3.05, 3.63) is 0 Å². The highest BCUT2D eigenvalue weighted by Gasteiger charge is 2.61. The Balaban J connectivity index is 5.05. The Hall–Kier alpha value is -0.320. The minimum atomic E-state index is -5.55. The Morgan fingerprint density at radius 2 is 1.29 bits per heavy atom. The summed E-state index contributed by atoms with van der Waals surface area (Å²) in [7, 11) is -1.91. The fraction of sp³-hybridized carbons (Fsp3) is 0.833. The van der Waals surface area contributed by atoms with E-state index in [0.29, 0.717) is 0 Å². The number of alkyl halides is 6. The minimum Gasteiger partial charge on any atom is -0.294 e. The molecule has 1 nitrogen and oxygen atoms in total. The molecule has 0 atom stereocenters. The van der Waals surface area contributed by atoms with Gasteiger partial charge in [0, 0.05) is 0 Å². The zero-order valence-electron chi connectivity index (χ0n) is 7.20. The number of halogens is 6. The smallest absolute Gasteiger partial charge is 0.294 e. The summed E-state index contributed by atoms with van der Waals surface area (Å²) in [5.74, 6) is -3.84. The van der Waals surface area contributed by atoms with Crippen molar-refractivity contribution in [2.24, 2.45) is 5.92 Å². The van der Waals surface area contributed by atoms with Crippen molar-refractivity contribution in [3.8, 4) is 0 Å². The molecule has 0 radical (unpaired) electrons. The van der Waals surface area contributed by atoms with Gasteiger partial charge in [-0.3, -0.25) is 4.79 Å². The van der Waals surface area contributed by atoms with E-state index in [0.717, 1.165) is 13.3 Å². The van der Waals surface area contributed by atoms with Crippen molar-refractivity contribution >= 4 is 13.4 Å². The maximum Gasteiger partial charge on any atom is 0.407 e. The molecular formula is C6H7F6OP. The predicted octanol–water partition coefficient (Wildman–Crippen LogP) is 3.00. The van der Waals surface area contributed by atoms with Crippen molar-refractivity contribution in [1.29, 1.82) is 0 Å². The number of carbonyl (C=O) groups excluding carboxylic acids is 1. The van der Waals surface area contributed by atoms with Crippen LogP contribution in [0.5, 0.6) is 0 Å². The highest BCUT2D eigenvalue weighted by Crippen LogP contribution is 2.46. The van der Waals surface area contributed by atoms with Crippen LogP contribution in [0.1, 0.15) is 0 Å². The van der Waals surface area contributed by atoms with Gasteiger partial charge in [-0.05, 0) is 21.3 Å². The summed E-state index contributed by atoms with van der Waals surface area (Å²) >= 11 is 0. The lowest BCUT2D eigenvalue weighted by Gasteiger charge is -2.22. The van der Waals surface area contributed by atoms with Crippen LogP contribution in [0.25, 0.3) is 0 Å². The highest BCUT2D eigenvalue weighted by atomic mass is 31.1. The Morgan fingerprint density at radius 3 is 1.36 bits per heavy atom. The molecule has 84 valence electrons. The van der Waals surface area contributed by atoms with Crippen molar-refractivity contribution < 1.29 is 31.1 Å². The van der Waals surface area contributed by atoms with Gasteiger partial charge in [0.25, 0.3) is 0 Å². The SMILES string of the molecule is CP(C)C(=O)C(C(F)(F)F)C(F)(F)F. The van der Waals surface area contributed by atoms with Gasteiger partial charge in [0.15, 0.2) is 5.52 Å². The Kier molecular flexibility index (Phi) is 3.95. The maximum atomic E-state index is 11.9. The molecule has 0 heterocycles. The van der Waals surface area contributed by atoms with Gasteiger partial charge in [-0.2, -0.15) is 26.3 Å². The molecule has 0 fully saturated rings. The van der Waals surface area contributed by atoms with E-state index in [4.69, 9.17) is 0 Å². The average molecular weight is 240 g/mol. The summed E-state index contributed by atoms with van der Waals surface area (Å²) in [4.78, 5) is 10.7. The molecule has 0 unspecified atom stereocenters. The van der Waals surface area contributed by atoms with Gasteiger partial charge in [-0.1, -0.05) is 0 Å². The summed E-state index contributed by atoms with van der Waals surface area (Å²) in [6.45, 7) is 2.12. The Bertz CT molecular complexity index is 203. The molecule has 0 rings (SSSR count). The molecule has 0 aliphatic carbocycles. The first kappa shape index (κ1) is 13.7. The topological polar surface area (TPSA) is 17.1 Å². The zero-order valence-corrected chi connectivity index (χ0v) is 8.10. The summed E-state index contributed by atoms with van der Waals surface area (Å²) in [6.07, 6.45) is -11.1. The molecule has 0 amide bonds. The van der Waals surface area contributed by atoms with Crippen molar-refractivity contribution in [3.63, 3.8) is 0 Å². The van der Waals surface area contributed by atoms with Crippen LogP contribution in [0.3, 0.4) is 0 Å². The Morgan fingerprint density at radius 1 is 1.00 bits per heavy atom. The van der Waals surface area contributed by atoms with Crippen LogP contribution in [0.2, 0.25) is 0 Å².